The number of hydrogen-bond acceptors (Lipinski definition) is 3. The molecule has 0 saturated carbocycles. The molecule has 0 fully saturated rings. The molecule has 2 aromatic carbocycles. The summed E-state index contributed by atoms with van der Waals surface area (Å²) in [6.45, 7) is 5.50. The zero-order valence-electron chi connectivity index (χ0n) is 16.8. The molecule has 0 aliphatic carbocycles. The van der Waals surface area contributed by atoms with Crippen molar-refractivity contribution in [2.24, 2.45) is 0 Å². The zero-order valence-corrected chi connectivity index (χ0v) is 17.6. The minimum atomic E-state index is -0.702. The third-order valence-corrected chi connectivity index (χ3v) is 4.82. The Labute approximate surface area is 175 Å². The predicted molar refractivity (Wildman–Crippen MR) is 111 cm³/mol. The number of carbonyl (C=O) groups is 2. The SMILES string of the molecule is CCC(C)NC(=O)C(C)N(Cc1cccc(Cl)c1)C(=O)COc1ccc(F)cc1. The van der Waals surface area contributed by atoms with Gasteiger partial charge in [0.15, 0.2) is 6.61 Å². The summed E-state index contributed by atoms with van der Waals surface area (Å²) in [5, 5.41) is 3.45. The number of nitrogens with zero attached hydrogens (tertiary/aromatic N) is 1. The van der Waals surface area contributed by atoms with E-state index in [1.54, 1.807) is 25.1 Å². The molecule has 5 nitrogen and oxygen atoms in total. The predicted octanol–water partition coefficient (Wildman–Crippen LogP) is 4.19. The van der Waals surface area contributed by atoms with Gasteiger partial charge >= 0.3 is 0 Å². The Kier molecular flexibility index (Phi) is 8.46. The number of nitrogens with one attached hydrogen (secondary N) is 1. The molecule has 0 aliphatic rings. The van der Waals surface area contributed by atoms with E-state index in [1.165, 1.54) is 29.2 Å². The maximum Gasteiger partial charge on any atom is 0.261 e. The first-order chi connectivity index (χ1) is 13.8. The first-order valence-electron chi connectivity index (χ1n) is 9.52. The molecule has 2 unspecified atom stereocenters. The Hall–Kier alpha value is -2.60. The fourth-order valence-electron chi connectivity index (χ4n) is 2.64. The Morgan fingerprint density at radius 2 is 1.86 bits per heavy atom. The molecule has 0 heterocycles. The highest BCUT2D eigenvalue weighted by Gasteiger charge is 2.27. The van der Waals surface area contributed by atoms with Crippen LogP contribution >= 0.6 is 11.6 Å². The van der Waals surface area contributed by atoms with Crippen molar-refractivity contribution in [2.75, 3.05) is 6.61 Å². The highest BCUT2D eigenvalue weighted by atomic mass is 35.5. The van der Waals surface area contributed by atoms with Crippen LogP contribution in [0.5, 0.6) is 5.75 Å². The van der Waals surface area contributed by atoms with Gasteiger partial charge in [-0.05, 0) is 62.2 Å². The number of rotatable bonds is 9. The van der Waals surface area contributed by atoms with Gasteiger partial charge in [-0.25, -0.2) is 4.39 Å². The van der Waals surface area contributed by atoms with Gasteiger partial charge in [0.2, 0.25) is 5.91 Å². The average molecular weight is 421 g/mol. The lowest BCUT2D eigenvalue weighted by atomic mass is 10.1. The van der Waals surface area contributed by atoms with Crippen molar-refractivity contribution in [1.29, 1.82) is 0 Å². The van der Waals surface area contributed by atoms with E-state index < -0.39 is 6.04 Å². The molecule has 2 atom stereocenters. The Bertz CT molecular complexity index is 829. The summed E-state index contributed by atoms with van der Waals surface area (Å²) >= 11 is 6.05. The van der Waals surface area contributed by atoms with Gasteiger partial charge < -0.3 is 15.0 Å². The minimum Gasteiger partial charge on any atom is -0.484 e. The maximum absolute atomic E-state index is 13.0. The van der Waals surface area contributed by atoms with E-state index in [0.29, 0.717) is 10.8 Å². The second-order valence-electron chi connectivity index (χ2n) is 6.89. The lowest BCUT2D eigenvalue weighted by molar-refractivity contribution is -0.142. The Morgan fingerprint density at radius 3 is 2.48 bits per heavy atom. The molecule has 0 aliphatic heterocycles. The molecule has 0 bridgehead atoms. The van der Waals surface area contributed by atoms with Crippen molar-refractivity contribution in [2.45, 2.75) is 45.8 Å². The van der Waals surface area contributed by atoms with Crippen LogP contribution in [0.2, 0.25) is 5.02 Å². The molecular weight excluding hydrogens is 395 g/mol. The Balaban J connectivity index is 2.14. The van der Waals surface area contributed by atoms with E-state index in [2.05, 4.69) is 5.32 Å². The van der Waals surface area contributed by atoms with Crippen LogP contribution in [0.15, 0.2) is 48.5 Å². The first-order valence-corrected chi connectivity index (χ1v) is 9.90. The maximum atomic E-state index is 13.0. The second-order valence-corrected chi connectivity index (χ2v) is 7.32. The molecule has 7 heteroatoms. The first kappa shape index (κ1) is 22.7. The molecule has 1 N–H and O–H groups in total. The van der Waals surface area contributed by atoms with Crippen LogP contribution in [0.1, 0.15) is 32.8 Å². The number of ether oxygens (including phenoxy) is 1. The standard InChI is InChI=1S/C22H26ClFN2O3/c1-4-15(2)25-22(28)16(3)26(13-17-6-5-7-18(23)12-17)21(27)14-29-20-10-8-19(24)9-11-20/h5-12,15-16H,4,13-14H2,1-3H3,(H,25,28). The van der Waals surface area contributed by atoms with Crippen LogP contribution in [-0.4, -0.2) is 35.4 Å². The van der Waals surface area contributed by atoms with Crippen LogP contribution in [0.3, 0.4) is 0 Å². The van der Waals surface area contributed by atoms with Gasteiger partial charge in [0.05, 0.1) is 0 Å². The van der Waals surface area contributed by atoms with Crippen molar-refractivity contribution >= 4 is 23.4 Å². The smallest absolute Gasteiger partial charge is 0.261 e. The lowest BCUT2D eigenvalue weighted by Crippen LogP contribution is -2.50. The molecule has 0 aromatic heterocycles. The number of hydrogen-bond donors (Lipinski definition) is 1. The number of carbonyl (C=O) groups excluding carboxylic acids is 2. The summed E-state index contributed by atoms with van der Waals surface area (Å²) in [6, 6.07) is 11.8. The zero-order chi connectivity index (χ0) is 21.4. The van der Waals surface area contributed by atoms with E-state index in [9.17, 15) is 14.0 Å². The van der Waals surface area contributed by atoms with Crippen LogP contribution in [0.4, 0.5) is 4.39 Å². The molecule has 156 valence electrons. The van der Waals surface area contributed by atoms with Gasteiger partial charge in [-0.3, -0.25) is 9.59 Å². The largest absolute Gasteiger partial charge is 0.484 e. The third-order valence-electron chi connectivity index (χ3n) is 4.59. The van der Waals surface area contributed by atoms with E-state index in [4.69, 9.17) is 16.3 Å². The van der Waals surface area contributed by atoms with E-state index in [1.807, 2.05) is 19.9 Å². The monoisotopic (exact) mass is 420 g/mol. The van der Waals surface area contributed by atoms with Crippen LogP contribution in [-0.2, 0) is 16.1 Å². The summed E-state index contributed by atoms with van der Waals surface area (Å²) < 4.78 is 18.5. The molecule has 2 aromatic rings. The normalized spacial score (nSPS) is 12.7. The van der Waals surface area contributed by atoms with Crippen LogP contribution in [0, 0.1) is 5.82 Å². The average Bonchev–Trinajstić information content (AvgIpc) is 2.70. The van der Waals surface area contributed by atoms with Crippen molar-refractivity contribution in [3.63, 3.8) is 0 Å². The summed E-state index contributed by atoms with van der Waals surface area (Å²) in [6.07, 6.45) is 0.786. The molecule has 29 heavy (non-hydrogen) atoms. The molecule has 0 radical (unpaired) electrons. The summed E-state index contributed by atoms with van der Waals surface area (Å²) in [4.78, 5) is 27.0. The van der Waals surface area contributed by atoms with Crippen molar-refractivity contribution < 1.29 is 18.7 Å². The molecule has 0 saturated heterocycles. The highest BCUT2D eigenvalue weighted by Crippen LogP contribution is 2.16. The topological polar surface area (TPSA) is 58.6 Å². The van der Waals surface area contributed by atoms with Gasteiger partial charge in [0, 0.05) is 17.6 Å². The number of benzene rings is 2. The molecular formula is C22H26ClFN2O3. The number of halogens is 2. The third kappa shape index (κ3) is 7.06. The fraction of sp³-hybridized carbons (Fsp3) is 0.364. The highest BCUT2D eigenvalue weighted by molar-refractivity contribution is 6.30. The molecule has 2 rings (SSSR count). The van der Waals surface area contributed by atoms with Crippen LogP contribution < -0.4 is 10.1 Å². The van der Waals surface area contributed by atoms with Crippen molar-refractivity contribution in [3.05, 3.63) is 64.9 Å². The summed E-state index contributed by atoms with van der Waals surface area (Å²) in [5.41, 5.74) is 0.802. The molecule has 0 spiro atoms. The summed E-state index contributed by atoms with van der Waals surface area (Å²) in [5.74, 6) is -0.613. The van der Waals surface area contributed by atoms with Gasteiger partial charge in [0.25, 0.3) is 5.91 Å². The lowest BCUT2D eigenvalue weighted by Gasteiger charge is -2.29. The van der Waals surface area contributed by atoms with Gasteiger partial charge in [-0.1, -0.05) is 30.7 Å². The van der Waals surface area contributed by atoms with Crippen molar-refractivity contribution in [1.82, 2.24) is 10.2 Å². The van der Waals surface area contributed by atoms with Gasteiger partial charge in [-0.15, -0.1) is 0 Å². The van der Waals surface area contributed by atoms with E-state index in [-0.39, 0.29) is 36.8 Å². The minimum absolute atomic E-state index is 0.00327. The van der Waals surface area contributed by atoms with Gasteiger partial charge in [0.1, 0.15) is 17.6 Å². The van der Waals surface area contributed by atoms with Crippen molar-refractivity contribution in [3.8, 4) is 5.75 Å². The Morgan fingerprint density at radius 1 is 1.17 bits per heavy atom. The quantitative estimate of drug-likeness (QED) is 0.661. The summed E-state index contributed by atoms with van der Waals surface area (Å²) in [7, 11) is 0. The number of amides is 2. The van der Waals surface area contributed by atoms with Crippen LogP contribution in [0.25, 0.3) is 0 Å². The van der Waals surface area contributed by atoms with E-state index >= 15 is 0 Å². The fourth-order valence-corrected chi connectivity index (χ4v) is 2.85. The second kappa shape index (κ2) is 10.8. The van der Waals surface area contributed by atoms with Gasteiger partial charge in [-0.2, -0.15) is 0 Å². The van der Waals surface area contributed by atoms with E-state index in [0.717, 1.165) is 12.0 Å². The molecule has 2 amide bonds.